The summed E-state index contributed by atoms with van der Waals surface area (Å²) in [7, 11) is 0. The molecule has 1 aromatic carbocycles. The summed E-state index contributed by atoms with van der Waals surface area (Å²) in [5.41, 5.74) is 4.48. The summed E-state index contributed by atoms with van der Waals surface area (Å²) in [4.78, 5) is 9.16. The second-order valence-corrected chi connectivity index (χ2v) is 6.24. The molecule has 22 heavy (non-hydrogen) atoms. The monoisotopic (exact) mass is 296 g/mol. The number of rotatable bonds is 4. The maximum absolute atomic E-state index is 4.64. The average molecular weight is 296 g/mol. The number of nitrogens with zero attached hydrogens (tertiary/aromatic N) is 2. The van der Waals surface area contributed by atoms with Gasteiger partial charge in [0, 0.05) is 23.5 Å². The Hall–Kier alpha value is -2.10. The van der Waals surface area contributed by atoms with E-state index >= 15 is 0 Å². The largest absolute Gasteiger partial charge is 0.367 e. The Kier molecular flexibility index (Phi) is 4.27. The molecule has 0 bridgehead atoms. The second-order valence-electron chi connectivity index (χ2n) is 6.24. The maximum Gasteiger partial charge on any atom is 0.229 e. The fourth-order valence-electron chi connectivity index (χ4n) is 3.10. The van der Waals surface area contributed by atoms with Crippen LogP contribution in [0.2, 0.25) is 0 Å². The van der Waals surface area contributed by atoms with Crippen molar-refractivity contribution in [2.75, 3.05) is 10.6 Å². The van der Waals surface area contributed by atoms with Crippen LogP contribution in [0, 0.1) is 20.8 Å². The lowest BCUT2D eigenvalue weighted by Gasteiger charge is -2.15. The van der Waals surface area contributed by atoms with Crippen molar-refractivity contribution >= 4 is 17.5 Å². The molecule has 0 aliphatic heterocycles. The first-order chi connectivity index (χ1) is 10.6. The lowest BCUT2D eigenvalue weighted by Crippen LogP contribution is -2.16. The molecule has 0 atom stereocenters. The molecular weight excluding hydrogens is 272 g/mol. The van der Waals surface area contributed by atoms with E-state index in [4.69, 9.17) is 0 Å². The Morgan fingerprint density at radius 3 is 2.36 bits per heavy atom. The van der Waals surface area contributed by atoms with Gasteiger partial charge >= 0.3 is 0 Å². The minimum atomic E-state index is 0.558. The van der Waals surface area contributed by atoms with Gasteiger partial charge in [0.25, 0.3) is 0 Å². The summed E-state index contributed by atoms with van der Waals surface area (Å²) in [5.74, 6) is 1.59. The van der Waals surface area contributed by atoms with Gasteiger partial charge in [-0.25, -0.2) is 4.98 Å². The van der Waals surface area contributed by atoms with E-state index in [1.54, 1.807) is 0 Å². The third kappa shape index (κ3) is 3.38. The van der Waals surface area contributed by atoms with Crippen molar-refractivity contribution < 1.29 is 0 Å². The fourth-order valence-corrected chi connectivity index (χ4v) is 3.10. The van der Waals surface area contributed by atoms with Crippen molar-refractivity contribution in [2.24, 2.45) is 0 Å². The standard InChI is InChI=1S/C18H24N4/c1-12-7-6-8-13(2)17(12)22-18-19-14(3)11-16(21-18)20-15-9-4-5-10-15/h6-8,11,15H,4-5,9-10H2,1-3H3,(H2,19,20,21,22). The molecule has 0 amide bonds. The van der Waals surface area contributed by atoms with Crippen LogP contribution < -0.4 is 10.6 Å². The van der Waals surface area contributed by atoms with Crippen LogP contribution >= 0.6 is 0 Å². The number of benzene rings is 1. The topological polar surface area (TPSA) is 49.8 Å². The van der Waals surface area contributed by atoms with Crippen LogP contribution in [0.3, 0.4) is 0 Å². The summed E-state index contributed by atoms with van der Waals surface area (Å²) < 4.78 is 0. The minimum absolute atomic E-state index is 0.558. The highest BCUT2D eigenvalue weighted by molar-refractivity contribution is 5.63. The first-order valence-electron chi connectivity index (χ1n) is 8.07. The highest BCUT2D eigenvalue weighted by atomic mass is 15.2. The van der Waals surface area contributed by atoms with Crippen molar-refractivity contribution in [3.63, 3.8) is 0 Å². The Bertz CT molecular complexity index is 640. The molecule has 0 unspecified atom stereocenters. The van der Waals surface area contributed by atoms with Crippen LogP contribution in [-0.2, 0) is 0 Å². The highest BCUT2D eigenvalue weighted by Crippen LogP contribution is 2.25. The van der Waals surface area contributed by atoms with E-state index in [-0.39, 0.29) is 0 Å². The minimum Gasteiger partial charge on any atom is -0.367 e. The van der Waals surface area contributed by atoms with Crippen LogP contribution in [0.4, 0.5) is 17.5 Å². The summed E-state index contributed by atoms with van der Waals surface area (Å²) in [6, 6.07) is 8.85. The molecule has 0 radical (unpaired) electrons. The van der Waals surface area contributed by atoms with Gasteiger partial charge in [-0.1, -0.05) is 31.0 Å². The molecule has 116 valence electrons. The van der Waals surface area contributed by atoms with Gasteiger partial charge in [0.05, 0.1) is 0 Å². The Morgan fingerprint density at radius 2 is 1.68 bits per heavy atom. The zero-order valence-corrected chi connectivity index (χ0v) is 13.6. The van der Waals surface area contributed by atoms with E-state index in [0.717, 1.165) is 17.2 Å². The molecule has 4 heteroatoms. The molecule has 1 aromatic heterocycles. The van der Waals surface area contributed by atoms with E-state index in [2.05, 4.69) is 52.6 Å². The molecule has 1 saturated carbocycles. The molecule has 1 fully saturated rings. The lowest BCUT2D eigenvalue weighted by atomic mass is 10.1. The van der Waals surface area contributed by atoms with Gasteiger partial charge in [0.2, 0.25) is 5.95 Å². The lowest BCUT2D eigenvalue weighted by molar-refractivity contribution is 0.749. The quantitative estimate of drug-likeness (QED) is 0.872. The predicted octanol–water partition coefficient (Wildman–Crippen LogP) is 4.50. The predicted molar refractivity (Wildman–Crippen MR) is 91.8 cm³/mol. The number of aryl methyl sites for hydroxylation is 3. The SMILES string of the molecule is Cc1cc(NC2CCCC2)nc(Nc2c(C)cccc2C)n1. The number of hydrogen-bond donors (Lipinski definition) is 2. The second kappa shape index (κ2) is 6.34. The number of hydrogen-bond acceptors (Lipinski definition) is 4. The summed E-state index contributed by atoms with van der Waals surface area (Å²) in [6.45, 7) is 6.21. The van der Waals surface area contributed by atoms with Crippen molar-refractivity contribution in [3.8, 4) is 0 Å². The van der Waals surface area contributed by atoms with Gasteiger partial charge in [-0.2, -0.15) is 4.98 Å². The molecule has 4 nitrogen and oxygen atoms in total. The number of anilines is 3. The summed E-state index contributed by atoms with van der Waals surface area (Å²) >= 11 is 0. The zero-order chi connectivity index (χ0) is 15.5. The molecule has 1 aliphatic rings. The van der Waals surface area contributed by atoms with E-state index in [1.807, 2.05) is 13.0 Å². The maximum atomic E-state index is 4.64. The molecule has 0 saturated heterocycles. The van der Waals surface area contributed by atoms with E-state index in [9.17, 15) is 0 Å². The molecule has 2 aromatic rings. The molecule has 3 rings (SSSR count). The zero-order valence-electron chi connectivity index (χ0n) is 13.6. The van der Waals surface area contributed by atoms with Gasteiger partial charge in [0.15, 0.2) is 0 Å². The van der Waals surface area contributed by atoms with Gasteiger partial charge in [-0.05, 0) is 44.7 Å². The van der Waals surface area contributed by atoms with Gasteiger partial charge < -0.3 is 10.6 Å². The Balaban J connectivity index is 1.82. The highest BCUT2D eigenvalue weighted by Gasteiger charge is 2.15. The number of nitrogens with one attached hydrogen (secondary N) is 2. The smallest absolute Gasteiger partial charge is 0.229 e. The summed E-state index contributed by atoms with van der Waals surface area (Å²) in [6.07, 6.45) is 5.11. The molecule has 0 spiro atoms. The van der Waals surface area contributed by atoms with Crippen LogP contribution in [0.1, 0.15) is 42.5 Å². The van der Waals surface area contributed by atoms with E-state index in [1.165, 1.54) is 36.8 Å². The van der Waals surface area contributed by atoms with Crippen molar-refractivity contribution in [2.45, 2.75) is 52.5 Å². The van der Waals surface area contributed by atoms with Crippen LogP contribution in [0.25, 0.3) is 0 Å². The molecule has 1 aliphatic carbocycles. The first-order valence-corrected chi connectivity index (χ1v) is 8.07. The van der Waals surface area contributed by atoms with Crippen LogP contribution in [0.5, 0.6) is 0 Å². The fraction of sp³-hybridized carbons (Fsp3) is 0.444. The van der Waals surface area contributed by atoms with Gasteiger partial charge in [-0.15, -0.1) is 0 Å². The van der Waals surface area contributed by atoms with E-state index < -0.39 is 0 Å². The summed E-state index contributed by atoms with van der Waals surface area (Å²) in [5, 5.41) is 6.93. The normalized spacial score (nSPS) is 15.0. The molecule has 1 heterocycles. The molecular formula is C18H24N4. The third-order valence-corrected chi connectivity index (χ3v) is 4.28. The third-order valence-electron chi connectivity index (χ3n) is 4.28. The van der Waals surface area contributed by atoms with E-state index in [0.29, 0.717) is 12.0 Å². The van der Waals surface area contributed by atoms with Gasteiger partial charge in [0.1, 0.15) is 5.82 Å². The number of aromatic nitrogens is 2. The van der Waals surface area contributed by atoms with Crippen molar-refractivity contribution in [1.29, 1.82) is 0 Å². The Labute approximate surface area is 132 Å². The van der Waals surface area contributed by atoms with Crippen LogP contribution in [-0.4, -0.2) is 16.0 Å². The molecule has 2 N–H and O–H groups in total. The van der Waals surface area contributed by atoms with Crippen LogP contribution in [0.15, 0.2) is 24.3 Å². The average Bonchev–Trinajstić information content (AvgIpc) is 2.95. The van der Waals surface area contributed by atoms with Crippen molar-refractivity contribution in [1.82, 2.24) is 9.97 Å². The Morgan fingerprint density at radius 1 is 1.00 bits per heavy atom. The number of para-hydroxylation sites is 1. The van der Waals surface area contributed by atoms with Gasteiger partial charge in [-0.3, -0.25) is 0 Å². The van der Waals surface area contributed by atoms with Crippen molar-refractivity contribution in [3.05, 3.63) is 41.1 Å². The first kappa shape index (κ1) is 14.8.